The summed E-state index contributed by atoms with van der Waals surface area (Å²) in [5.41, 5.74) is 0.901. The number of aryl methyl sites for hydroxylation is 1. The van der Waals surface area contributed by atoms with Gasteiger partial charge in [0.15, 0.2) is 0 Å². The molecule has 1 amide bonds. The molecule has 0 aromatic carbocycles. The summed E-state index contributed by atoms with van der Waals surface area (Å²) in [6.45, 7) is 7.38. The van der Waals surface area contributed by atoms with E-state index in [0.29, 0.717) is 44.2 Å². The van der Waals surface area contributed by atoms with E-state index in [9.17, 15) is 13.2 Å². The molecule has 8 nitrogen and oxygen atoms in total. The van der Waals surface area contributed by atoms with Gasteiger partial charge in [0, 0.05) is 19.6 Å². The molecule has 1 aliphatic rings. The van der Waals surface area contributed by atoms with Crippen LogP contribution in [0.3, 0.4) is 0 Å². The van der Waals surface area contributed by atoms with Gasteiger partial charge in [-0.05, 0) is 20.3 Å². The number of nitrogens with zero attached hydrogens (tertiary/aromatic N) is 3. The van der Waals surface area contributed by atoms with Gasteiger partial charge >= 0.3 is 0 Å². The van der Waals surface area contributed by atoms with Crippen LogP contribution in [0.2, 0.25) is 0 Å². The standard InChI is InChI=1S/C14H24N4O4S/c1-4-5-15-13(19)10-18-12(3)14(11(2)16-18)23(20,21)17-6-8-22-9-7-17/h4-10H2,1-3H3,(H,15,19). The van der Waals surface area contributed by atoms with Crippen LogP contribution in [-0.2, 0) is 26.1 Å². The fraction of sp³-hybridized carbons (Fsp3) is 0.714. The third kappa shape index (κ3) is 3.91. The second-order valence-corrected chi connectivity index (χ2v) is 7.40. The summed E-state index contributed by atoms with van der Waals surface area (Å²) in [5, 5.41) is 7.00. The van der Waals surface area contributed by atoms with E-state index in [0.717, 1.165) is 6.42 Å². The quantitative estimate of drug-likeness (QED) is 0.787. The molecular weight excluding hydrogens is 320 g/mol. The molecule has 0 saturated carbocycles. The first kappa shape index (κ1) is 17.9. The number of hydrogen-bond donors (Lipinski definition) is 1. The van der Waals surface area contributed by atoms with Gasteiger partial charge in [-0.1, -0.05) is 6.92 Å². The smallest absolute Gasteiger partial charge is 0.246 e. The van der Waals surface area contributed by atoms with Crippen molar-refractivity contribution in [1.82, 2.24) is 19.4 Å². The molecule has 9 heteroatoms. The summed E-state index contributed by atoms with van der Waals surface area (Å²) in [6.07, 6.45) is 0.847. The highest BCUT2D eigenvalue weighted by Gasteiger charge is 2.32. The molecule has 23 heavy (non-hydrogen) atoms. The number of ether oxygens (including phenoxy) is 1. The van der Waals surface area contributed by atoms with Gasteiger partial charge in [0.2, 0.25) is 15.9 Å². The second-order valence-electron chi connectivity index (χ2n) is 5.52. The zero-order valence-corrected chi connectivity index (χ0v) is 14.6. The zero-order valence-electron chi connectivity index (χ0n) is 13.8. The monoisotopic (exact) mass is 344 g/mol. The summed E-state index contributed by atoms with van der Waals surface area (Å²) in [7, 11) is -3.62. The highest BCUT2D eigenvalue weighted by atomic mass is 32.2. The third-order valence-electron chi connectivity index (χ3n) is 3.75. The molecule has 1 fully saturated rings. The van der Waals surface area contributed by atoms with Crippen molar-refractivity contribution in [2.75, 3.05) is 32.8 Å². The maximum absolute atomic E-state index is 12.8. The molecule has 1 saturated heterocycles. The van der Waals surface area contributed by atoms with Gasteiger partial charge in [0.05, 0.1) is 24.6 Å². The Labute approximate surface area is 136 Å². The number of morpholine rings is 1. The maximum atomic E-state index is 12.8. The van der Waals surface area contributed by atoms with Gasteiger partial charge in [-0.25, -0.2) is 8.42 Å². The topological polar surface area (TPSA) is 93.5 Å². The second kappa shape index (κ2) is 7.41. The molecule has 0 radical (unpaired) electrons. The van der Waals surface area contributed by atoms with E-state index in [4.69, 9.17) is 4.74 Å². The Balaban J connectivity index is 2.24. The van der Waals surface area contributed by atoms with E-state index >= 15 is 0 Å². The predicted octanol–water partition coefficient (Wildman–Crippen LogP) is 0.0470. The van der Waals surface area contributed by atoms with E-state index in [1.807, 2.05) is 6.92 Å². The zero-order chi connectivity index (χ0) is 17.0. The Morgan fingerprint density at radius 2 is 1.96 bits per heavy atom. The van der Waals surface area contributed by atoms with Crippen LogP contribution in [-0.4, -0.2) is 61.3 Å². The van der Waals surface area contributed by atoms with E-state index < -0.39 is 10.0 Å². The van der Waals surface area contributed by atoms with E-state index in [-0.39, 0.29) is 17.3 Å². The van der Waals surface area contributed by atoms with Crippen molar-refractivity contribution in [2.45, 2.75) is 38.6 Å². The summed E-state index contributed by atoms with van der Waals surface area (Å²) in [5.74, 6) is -0.173. The number of aromatic nitrogens is 2. The number of carbonyl (C=O) groups is 1. The van der Waals surface area contributed by atoms with Crippen molar-refractivity contribution in [2.24, 2.45) is 0 Å². The third-order valence-corrected chi connectivity index (χ3v) is 5.90. The minimum atomic E-state index is -3.62. The largest absolute Gasteiger partial charge is 0.379 e. The van der Waals surface area contributed by atoms with Gasteiger partial charge in [-0.2, -0.15) is 9.40 Å². The first-order chi connectivity index (χ1) is 10.9. The predicted molar refractivity (Wildman–Crippen MR) is 84.6 cm³/mol. The van der Waals surface area contributed by atoms with E-state index in [2.05, 4.69) is 10.4 Å². The number of rotatable bonds is 6. The van der Waals surface area contributed by atoms with Crippen molar-refractivity contribution in [3.63, 3.8) is 0 Å². The Morgan fingerprint density at radius 3 is 2.57 bits per heavy atom. The van der Waals surface area contributed by atoms with Gasteiger partial charge in [0.25, 0.3) is 0 Å². The molecule has 0 unspecified atom stereocenters. The molecule has 1 aromatic heterocycles. The Bertz CT molecular complexity index is 663. The van der Waals surface area contributed by atoms with Crippen LogP contribution in [0.15, 0.2) is 4.90 Å². The Kier molecular flexibility index (Phi) is 5.77. The fourth-order valence-electron chi connectivity index (χ4n) is 2.58. The van der Waals surface area contributed by atoms with Crippen molar-refractivity contribution in [1.29, 1.82) is 0 Å². The van der Waals surface area contributed by atoms with Gasteiger partial charge < -0.3 is 10.1 Å². The average molecular weight is 344 g/mol. The van der Waals surface area contributed by atoms with Crippen LogP contribution < -0.4 is 5.32 Å². The van der Waals surface area contributed by atoms with Crippen LogP contribution in [0.4, 0.5) is 0 Å². The Hall–Kier alpha value is -1.45. The molecule has 1 aliphatic heterocycles. The minimum Gasteiger partial charge on any atom is -0.379 e. The molecule has 130 valence electrons. The lowest BCUT2D eigenvalue weighted by atomic mass is 10.4. The number of amides is 1. The summed E-state index contributed by atoms with van der Waals surface area (Å²) in [4.78, 5) is 12.0. The number of nitrogens with one attached hydrogen (secondary N) is 1. The minimum absolute atomic E-state index is 0.0192. The molecule has 2 rings (SSSR count). The Morgan fingerprint density at radius 1 is 1.30 bits per heavy atom. The lowest BCUT2D eigenvalue weighted by molar-refractivity contribution is -0.121. The van der Waals surface area contributed by atoms with Gasteiger partial charge in [0.1, 0.15) is 11.4 Å². The van der Waals surface area contributed by atoms with Crippen molar-refractivity contribution in [3.8, 4) is 0 Å². The summed E-state index contributed by atoms with van der Waals surface area (Å²) in [6, 6.07) is 0. The van der Waals surface area contributed by atoms with Crippen molar-refractivity contribution < 1.29 is 17.9 Å². The highest BCUT2D eigenvalue weighted by Crippen LogP contribution is 2.24. The number of carbonyl (C=O) groups excluding carboxylic acids is 1. The SMILES string of the molecule is CCCNC(=O)Cn1nc(C)c(S(=O)(=O)N2CCOCC2)c1C. The molecule has 2 heterocycles. The van der Waals surface area contributed by atoms with E-state index in [1.54, 1.807) is 13.8 Å². The molecular formula is C14H24N4O4S. The fourth-order valence-corrected chi connectivity index (χ4v) is 4.36. The van der Waals surface area contributed by atoms with Crippen molar-refractivity contribution in [3.05, 3.63) is 11.4 Å². The summed E-state index contributed by atoms with van der Waals surface area (Å²) >= 11 is 0. The molecule has 0 atom stereocenters. The molecule has 0 bridgehead atoms. The number of hydrogen-bond acceptors (Lipinski definition) is 5. The first-order valence-corrected chi connectivity index (χ1v) is 9.20. The van der Waals surface area contributed by atoms with Crippen LogP contribution >= 0.6 is 0 Å². The van der Waals surface area contributed by atoms with Crippen molar-refractivity contribution >= 4 is 15.9 Å². The molecule has 1 N–H and O–H groups in total. The lowest BCUT2D eigenvalue weighted by Gasteiger charge is -2.26. The summed E-state index contributed by atoms with van der Waals surface area (Å²) < 4.78 is 33.7. The van der Waals surface area contributed by atoms with Crippen LogP contribution in [0, 0.1) is 13.8 Å². The molecule has 1 aromatic rings. The van der Waals surface area contributed by atoms with Gasteiger partial charge in [-0.3, -0.25) is 9.48 Å². The average Bonchev–Trinajstić information content (AvgIpc) is 2.80. The highest BCUT2D eigenvalue weighted by molar-refractivity contribution is 7.89. The normalized spacial score (nSPS) is 16.5. The van der Waals surface area contributed by atoms with Crippen LogP contribution in [0.1, 0.15) is 24.7 Å². The van der Waals surface area contributed by atoms with Crippen LogP contribution in [0.5, 0.6) is 0 Å². The van der Waals surface area contributed by atoms with E-state index in [1.165, 1.54) is 8.99 Å². The van der Waals surface area contributed by atoms with Crippen LogP contribution in [0.25, 0.3) is 0 Å². The molecule has 0 spiro atoms. The molecule has 0 aliphatic carbocycles. The first-order valence-electron chi connectivity index (χ1n) is 7.76. The number of sulfonamides is 1. The lowest BCUT2D eigenvalue weighted by Crippen LogP contribution is -2.41. The van der Waals surface area contributed by atoms with Gasteiger partial charge in [-0.15, -0.1) is 0 Å². The maximum Gasteiger partial charge on any atom is 0.246 e.